The molecule has 1 aliphatic rings. The topological polar surface area (TPSA) is 24.5 Å². The van der Waals surface area contributed by atoms with Gasteiger partial charge >= 0.3 is 0 Å². The van der Waals surface area contributed by atoms with Crippen LogP contribution < -0.4 is 5.32 Å². The Morgan fingerprint density at radius 1 is 1.46 bits per heavy atom. The Morgan fingerprint density at radius 3 is 2.62 bits per heavy atom. The molecule has 0 radical (unpaired) electrons. The number of hydrogen-bond acceptors (Lipinski definition) is 3. The number of nitrogens with one attached hydrogen (secondary N) is 1. The Hall–Kier alpha value is -0.120. The fourth-order valence-corrected chi connectivity index (χ4v) is 1.63. The highest BCUT2D eigenvalue weighted by molar-refractivity contribution is 4.75. The SMILES string of the molecule is CO[C@H](C)CNC1CCN(C)CC1. The molecule has 0 saturated carbocycles. The predicted octanol–water partition coefficient (Wildman–Crippen LogP) is 0.705. The Kier molecular flexibility index (Phi) is 4.70. The molecule has 3 nitrogen and oxygen atoms in total. The third-order valence-corrected chi connectivity index (χ3v) is 2.81. The molecule has 1 rings (SSSR count). The van der Waals surface area contributed by atoms with Crippen LogP contribution in [0.25, 0.3) is 0 Å². The number of hydrogen-bond donors (Lipinski definition) is 1. The molecule has 1 N–H and O–H groups in total. The molecular weight excluding hydrogens is 164 g/mol. The number of ether oxygens (including phenoxy) is 1. The Balaban J connectivity index is 2.08. The molecule has 13 heavy (non-hydrogen) atoms. The zero-order chi connectivity index (χ0) is 9.68. The number of piperidine rings is 1. The Labute approximate surface area is 81.4 Å². The van der Waals surface area contributed by atoms with Crippen molar-refractivity contribution in [3.8, 4) is 0 Å². The van der Waals surface area contributed by atoms with Gasteiger partial charge in [-0.15, -0.1) is 0 Å². The molecule has 0 unspecified atom stereocenters. The molecule has 0 spiro atoms. The molecule has 1 aliphatic heterocycles. The fourth-order valence-electron chi connectivity index (χ4n) is 1.63. The maximum absolute atomic E-state index is 5.19. The number of likely N-dealkylation sites (tertiary alicyclic amines) is 1. The van der Waals surface area contributed by atoms with Gasteiger partial charge in [-0.2, -0.15) is 0 Å². The lowest BCUT2D eigenvalue weighted by atomic mass is 10.1. The summed E-state index contributed by atoms with van der Waals surface area (Å²) in [7, 11) is 3.95. The van der Waals surface area contributed by atoms with Gasteiger partial charge < -0.3 is 15.0 Å². The molecule has 1 heterocycles. The van der Waals surface area contributed by atoms with Gasteiger partial charge in [0.05, 0.1) is 6.10 Å². The molecule has 0 bridgehead atoms. The van der Waals surface area contributed by atoms with Gasteiger partial charge in [0.15, 0.2) is 0 Å². The maximum Gasteiger partial charge on any atom is 0.0667 e. The highest BCUT2D eigenvalue weighted by atomic mass is 16.5. The third kappa shape index (κ3) is 4.07. The van der Waals surface area contributed by atoms with E-state index in [4.69, 9.17) is 4.74 Å². The number of methoxy groups -OCH3 is 1. The summed E-state index contributed by atoms with van der Waals surface area (Å²) in [6.07, 6.45) is 2.87. The van der Waals surface area contributed by atoms with Crippen LogP contribution >= 0.6 is 0 Å². The van der Waals surface area contributed by atoms with Crippen molar-refractivity contribution in [3.63, 3.8) is 0 Å². The van der Waals surface area contributed by atoms with Crippen molar-refractivity contribution in [3.05, 3.63) is 0 Å². The quantitative estimate of drug-likeness (QED) is 0.699. The molecule has 0 aromatic heterocycles. The molecular formula is C10H22N2O. The van der Waals surface area contributed by atoms with Gasteiger partial charge in [0.25, 0.3) is 0 Å². The first-order chi connectivity index (χ1) is 6.22. The summed E-state index contributed by atoms with van der Waals surface area (Å²) in [5.41, 5.74) is 0. The third-order valence-electron chi connectivity index (χ3n) is 2.81. The molecule has 0 amide bonds. The van der Waals surface area contributed by atoms with Gasteiger partial charge in [0.2, 0.25) is 0 Å². The van der Waals surface area contributed by atoms with Crippen LogP contribution in [0.1, 0.15) is 19.8 Å². The Bertz CT molecular complexity index is 133. The molecule has 78 valence electrons. The minimum Gasteiger partial charge on any atom is -0.380 e. The first kappa shape index (κ1) is 11.0. The van der Waals surface area contributed by atoms with Crippen molar-refractivity contribution >= 4 is 0 Å². The maximum atomic E-state index is 5.19. The summed E-state index contributed by atoms with van der Waals surface area (Å²) in [5, 5.41) is 3.54. The summed E-state index contributed by atoms with van der Waals surface area (Å²) in [5.74, 6) is 0. The minimum absolute atomic E-state index is 0.333. The second-order valence-corrected chi connectivity index (χ2v) is 4.03. The average molecular weight is 186 g/mol. The van der Waals surface area contributed by atoms with E-state index in [0.717, 1.165) is 6.54 Å². The van der Waals surface area contributed by atoms with Crippen molar-refractivity contribution in [2.75, 3.05) is 33.8 Å². The van der Waals surface area contributed by atoms with E-state index in [1.807, 2.05) is 0 Å². The van der Waals surface area contributed by atoms with Gasteiger partial charge in [-0.3, -0.25) is 0 Å². The smallest absolute Gasteiger partial charge is 0.0667 e. The lowest BCUT2D eigenvalue weighted by Crippen LogP contribution is -2.43. The largest absolute Gasteiger partial charge is 0.380 e. The van der Waals surface area contributed by atoms with Gasteiger partial charge in [-0.1, -0.05) is 0 Å². The van der Waals surface area contributed by atoms with E-state index in [-0.39, 0.29) is 0 Å². The van der Waals surface area contributed by atoms with Gasteiger partial charge in [0, 0.05) is 19.7 Å². The van der Waals surface area contributed by atoms with Crippen LogP contribution in [0.5, 0.6) is 0 Å². The molecule has 1 fully saturated rings. The van der Waals surface area contributed by atoms with Crippen LogP contribution in [0.2, 0.25) is 0 Å². The fraction of sp³-hybridized carbons (Fsp3) is 1.00. The van der Waals surface area contributed by atoms with Crippen LogP contribution in [0, 0.1) is 0 Å². The van der Waals surface area contributed by atoms with E-state index in [9.17, 15) is 0 Å². The van der Waals surface area contributed by atoms with Crippen molar-refractivity contribution in [2.24, 2.45) is 0 Å². The first-order valence-corrected chi connectivity index (χ1v) is 5.17. The number of rotatable bonds is 4. The van der Waals surface area contributed by atoms with Crippen LogP contribution in [0.4, 0.5) is 0 Å². The van der Waals surface area contributed by atoms with Crippen molar-refractivity contribution < 1.29 is 4.74 Å². The van der Waals surface area contributed by atoms with E-state index in [1.165, 1.54) is 25.9 Å². The van der Waals surface area contributed by atoms with Crippen LogP contribution in [0.3, 0.4) is 0 Å². The van der Waals surface area contributed by atoms with Gasteiger partial charge in [0.1, 0.15) is 0 Å². The molecule has 0 aromatic rings. The summed E-state index contributed by atoms with van der Waals surface area (Å²) in [4.78, 5) is 2.39. The van der Waals surface area contributed by atoms with E-state index < -0.39 is 0 Å². The Morgan fingerprint density at radius 2 is 2.08 bits per heavy atom. The highest BCUT2D eigenvalue weighted by Crippen LogP contribution is 2.07. The summed E-state index contributed by atoms with van der Waals surface area (Å²) < 4.78 is 5.19. The van der Waals surface area contributed by atoms with E-state index >= 15 is 0 Å². The van der Waals surface area contributed by atoms with Crippen LogP contribution in [-0.2, 0) is 4.74 Å². The van der Waals surface area contributed by atoms with E-state index in [0.29, 0.717) is 12.1 Å². The van der Waals surface area contributed by atoms with Crippen molar-refractivity contribution in [1.29, 1.82) is 0 Å². The molecule has 1 atom stereocenters. The van der Waals surface area contributed by atoms with Crippen LogP contribution in [0.15, 0.2) is 0 Å². The summed E-state index contributed by atoms with van der Waals surface area (Å²) in [6.45, 7) is 5.52. The lowest BCUT2D eigenvalue weighted by Gasteiger charge is -2.30. The average Bonchev–Trinajstić information content (AvgIpc) is 2.16. The van der Waals surface area contributed by atoms with Crippen LogP contribution in [-0.4, -0.2) is 50.8 Å². The van der Waals surface area contributed by atoms with Gasteiger partial charge in [-0.25, -0.2) is 0 Å². The first-order valence-electron chi connectivity index (χ1n) is 5.17. The monoisotopic (exact) mass is 186 g/mol. The predicted molar refractivity (Wildman–Crippen MR) is 55.0 cm³/mol. The molecule has 0 aromatic carbocycles. The standard InChI is InChI=1S/C10H22N2O/c1-9(13-3)8-11-10-4-6-12(2)7-5-10/h9-11H,4-8H2,1-3H3/t9-/m1/s1. The summed E-state index contributed by atoms with van der Waals surface area (Å²) >= 11 is 0. The van der Waals surface area contributed by atoms with Crippen molar-refractivity contribution in [2.45, 2.75) is 31.9 Å². The zero-order valence-corrected chi connectivity index (χ0v) is 9.05. The summed E-state index contributed by atoms with van der Waals surface area (Å²) in [6, 6.07) is 0.703. The number of nitrogens with zero attached hydrogens (tertiary/aromatic N) is 1. The molecule has 3 heteroatoms. The van der Waals surface area contributed by atoms with E-state index in [1.54, 1.807) is 7.11 Å². The highest BCUT2D eigenvalue weighted by Gasteiger charge is 2.16. The lowest BCUT2D eigenvalue weighted by molar-refractivity contribution is 0.110. The van der Waals surface area contributed by atoms with E-state index in [2.05, 4.69) is 24.2 Å². The zero-order valence-electron chi connectivity index (χ0n) is 9.05. The second-order valence-electron chi connectivity index (χ2n) is 4.03. The van der Waals surface area contributed by atoms with Gasteiger partial charge in [-0.05, 0) is 39.9 Å². The minimum atomic E-state index is 0.333. The second kappa shape index (κ2) is 5.58. The molecule has 0 aliphatic carbocycles. The molecule has 1 saturated heterocycles. The van der Waals surface area contributed by atoms with Crippen molar-refractivity contribution in [1.82, 2.24) is 10.2 Å². The normalized spacial score (nSPS) is 23.3.